The molecule has 15 heavy (non-hydrogen) atoms. The summed E-state index contributed by atoms with van der Waals surface area (Å²) in [4.78, 5) is 10.6. The first-order valence-electron chi connectivity index (χ1n) is 5.01. The largest absolute Gasteiger partial charge is 0.480 e. The Labute approximate surface area is 90.9 Å². The van der Waals surface area contributed by atoms with Crippen LogP contribution in [-0.2, 0) is 14.8 Å². The van der Waals surface area contributed by atoms with Crippen LogP contribution < -0.4 is 4.72 Å². The van der Waals surface area contributed by atoms with E-state index in [0.717, 1.165) is 0 Å². The van der Waals surface area contributed by atoms with Crippen LogP contribution in [0.15, 0.2) is 0 Å². The Morgan fingerprint density at radius 1 is 1.40 bits per heavy atom. The zero-order valence-electron chi connectivity index (χ0n) is 9.36. The fourth-order valence-corrected chi connectivity index (χ4v) is 2.58. The van der Waals surface area contributed by atoms with E-state index in [1.165, 1.54) is 0 Å². The topological polar surface area (TPSA) is 83.5 Å². The predicted molar refractivity (Wildman–Crippen MR) is 58.1 cm³/mol. The van der Waals surface area contributed by atoms with Crippen LogP contribution in [0.25, 0.3) is 0 Å². The molecule has 0 spiro atoms. The van der Waals surface area contributed by atoms with Crippen molar-refractivity contribution in [2.24, 2.45) is 5.92 Å². The van der Waals surface area contributed by atoms with Gasteiger partial charge in [-0.2, -0.15) is 0 Å². The quantitative estimate of drug-likeness (QED) is 0.686. The number of hydrogen-bond acceptors (Lipinski definition) is 3. The van der Waals surface area contributed by atoms with Gasteiger partial charge in [-0.3, -0.25) is 4.79 Å². The Bertz CT molecular complexity index is 297. The van der Waals surface area contributed by atoms with E-state index in [-0.39, 0.29) is 18.1 Å². The molecule has 0 aliphatic heterocycles. The fraction of sp³-hybridized carbons (Fsp3) is 0.889. The van der Waals surface area contributed by atoms with E-state index in [0.29, 0.717) is 6.42 Å². The van der Waals surface area contributed by atoms with Crippen LogP contribution in [0.3, 0.4) is 0 Å². The lowest BCUT2D eigenvalue weighted by atomic mass is 10.2. The van der Waals surface area contributed by atoms with Crippen LogP contribution in [0.4, 0.5) is 0 Å². The highest BCUT2D eigenvalue weighted by molar-refractivity contribution is 7.89. The van der Waals surface area contributed by atoms with Crippen molar-refractivity contribution in [1.29, 1.82) is 0 Å². The smallest absolute Gasteiger partial charge is 0.321 e. The molecule has 0 rings (SSSR count). The van der Waals surface area contributed by atoms with Crippen LogP contribution in [0.2, 0.25) is 0 Å². The maximum atomic E-state index is 11.4. The molecular formula is C9H19NO4S. The number of aliphatic carboxylic acids is 1. The summed E-state index contributed by atoms with van der Waals surface area (Å²) in [7, 11) is -3.46. The number of carbonyl (C=O) groups is 1. The third kappa shape index (κ3) is 6.46. The first-order chi connectivity index (χ1) is 6.78. The van der Waals surface area contributed by atoms with Gasteiger partial charge in [0.05, 0.1) is 5.75 Å². The summed E-state index contributed by atoms with van der Waals surface area (Å²) < 4.78 is 25.0. The van der Waals surface area contributed by atoms with Gasteiger partial charge >= 0.3 is 5.97 Å². The number of nitrogens with one attached hydrogen (secondary N) is 1. The second kappa shape index (κ2) is 6.07. The summed E-state index contributed by atoms with van der Waals surface area (Å²) in [5.74, 6) is -0.869. The van der Waals surface area contributed by atoms with Gasteiger partial charge in [0.15, 0.2) is 0 Å². The molecule has 0 aromatic carbocycles. The van der Waals surface area contributed by atoms with Crippen molar-refractivity contribution in [3.05, 3.63) is 0 Å². The number of sulfonamides is 1. The monoisotopic (exact) mass is 237 g/mol. The zero-order chi connectivity index (χ0) is 12.1. The molecule has 0 aromatic rings. The molecule has 0 saturated heterocycles. The van der Waals surface area contributed by atoms with E-state index in [1.54, 1.807) is 6.92 Å². The van der Waals surface area contributed by atoms with Gasteiger partial charge in [0.2, 0.25) is 10.0 Å². The molecular weight excluding hydrogens is 218 g/mol. The number of carboxylic acid groups (broad SMARTS) is 1. The van der Waals surface area contributed by atoms with Gasteiger partial charge < -0.3 is 5.11 Å². The van der Waals surface area contributed by atoms with Crippen molar-refractivity contribution in [2.45, 2.75) is 39.7 Å². The molecule has 0 unspecified atom stereocenters. The maximum absolute atomic E-state index is 11.4. The SMILES string of the molecule is CC[C@@H](NS(=O)(=O)CCC(C)C)C(=O)O. The number of rotatable bonds is 7. The van der Waals surface area contributed by atoms with Crippen molar-refractivity contribution < 1.29 is 18.3 Å². The highest BCUT2D eigenvalue weighted by Gasteiger charge is 2.21. The average Bonchev–Trinajstić information content (AvgIpc) is 2.11. The highest BCUT2D eigenvalue weighted by atomic mass is 32.2. The van der Waals surface area contributed by atoms with Crippen molar-refractivity contribution in [3.8, 4) is 0 Å². The zero-order valence-corrected chi connectivity index (χ0v) is 10.2. The van der Waals surface area contributed by atoms with Gasteiger partial charge in [-0.25, -0.2) is 13.1 Å². The van der Waals surface area contributed by atoms with E-state index < -0.39 is 22.0 Å². The lowest BCUT2D eigenvalue weighted by Gasteiger charge is -2.13. The van der Waals surface area contributed by atoms with Crippen LogP contribution in [0.5, 0.6) is 0 Å². The minimum atomic E-state index is -3.46. The third-order valence-electron chi connectivity index (χ3n) is 1.99. The standard InChI is InChI=1S/C9H19NO4S/c1-4-8(9(11)12)10-15(13,14)6-5-7(2)3/h7-8,10H,4-6H2,1-3H3,(H,11,12)/t8-/m1/s1. The maximum Gasteiger partial charge on any atom is 0.321 e. The Kier molecular flexibility index (Phi) is 5.82. The van der Waals surface area contributed by atoms with Crippen LogP contribution in [0, 0.1) is 5.92 Å². The van der Waals surface area contributed by atoms with E-state index in [1.807, 2.05) is 13.8 Å². The normalized spacial score (nSPS) is 14.1. The minimum Gasteiger partial charge on any atom is -0.480 e. The number of hydrogen-bond donors (Lipinski definition) is 2. The molecule has 0 radical (unpaired) electrons. The van der Waals surface area contributed by atoms with Gasteiger partial charge in [0.25, 0.3) is 0 Å². The summed E-state index contributed by atoms with van der Waals surface area (Å²) >= 11 is 0. The minimum absolute atomic E-state index is 0.0194. The molecule has 0 fully saturated rings. The van der Waals surface area contributed by atoms with Crippen LogP contribution >= 0.6 is 0 Å². The third-order valence-corrected chi connectivity index (χ3v) is 3.41. The molecule has 0 aromatic heterocycles. The van der Waals surface area contributed by atoms with Crippen molar-refractivity contribution >= 4 is 16.0 Å². The van der Waals surface area contributed by atoms with Gasteiger partial charge in [0, 0.05) is 0 Å². The van der Waals surface area contributed by atoms with Crippen LogP contribution in [-0.4, -0.2) is 31.3 Å². The molecule has 0 bridgehead atoms. The number of carboxylic acids is 1. The summed E-state index contributed by atoms with van der Waals surface area (Å²) in [5.41, 5.74) is 0. The first kappa shape index (κ1) is 14.4. The molecule has 90 valence electrons. The van der Waals surface area contributed by atoms with Crippen molar-refractivity contribution in [2.75, 3.05) is 5.75 Å². The van der Waals surface area contributed by atoms with Crippen molar-refractivity contribution in [3.63, 3.8) is 0 Å². The Morgan fingerprint density at radius 3 is 2.27 bits per heavy atom. The fourth-order valence-electron chi connectivity index (χ4n) is 0.975. The summed E-state index contributed by atoms with van der Waals surface area (Å²) in [6, 6.07) is -1.01. The second-order valence-corrected chi connectivity index (χ2v) is 5.79. The molecule has 2 N–H and O–H groups in total. The second-order valence-electron chi connectivity index (χ2n) is 3.92. The average molecular weight is 237 g/mol. The molecule has 0 aliphatic carbocycles. The molecule has 0 aliphatic rings. The lowest BCUT2D eigenvalue weighted by molar-refractivity contribution is -0.139. The molecule has 6 heteroatoms. The van der Waals surface area contributed by atoms with E-state index in [2.05, 4.69) is 4.72 Å². The molecule has 1 atom stereocenters. The van der Waals surface area contributed by atoms with Gasteiger partial charge in [-0.15, -0.1) is 0 Å². The van der Waals surface area contributed by atoms with Crippen LogP contribution in [0.1, 0.15) is 33.6 Å². The Balaban J connectivity index is 4.30. The summed E-state index contributed by atoms with van der Waals surface area (Å²) in [5, 5.41) is 8.69. The van der Waals surface area contributed by atoms with E-state index >= 15 is 0 Å². The Hall–Kier alpha value is -0.620. The first-order valence-corrected chi connectivity index (χ1v) is 6.66. The molecule has 0 heterocycles. The van der Waals surface area contributed by atoms with E-state index in [4.69, 9.17) is 5.11 Å². The van der Waals surface area contributed by atoms with Gasteiger partial charge in [0.1, 0.15) is 6.04 Å². The Morgan fingerprint density at radius 2 is 1.93 bits per heavy atom. The van der Waals surface area contributed by atoms with Gasteiger partial charge in [-0.1, -0.05) is 20.8 Å². The summed E-state index contributed by atoms with van der Waals surface area (Å²) in [6.07, 6.45) is 0.779. The molecule has 0 amide bonds. The molecule has 5 nitrogen and oxygen atoms in total. The van der Waals surface area contributed by atoms with E-state index in [9.17, 15) is 13.2 Å². The predicted octanol–water partition coefficient (Wildman–Crippen LogP) is 0.815. The summed E-state index contributed by atoms with van der Waals surface area (Å²) in [6.45, 7) is 5.47. The molecule has 0 saturated carbocycles. The van der Waals surface area contributed by atoms with Crippen molar-refractivity contribution in [1.82, 2.24) is 4.72 Å². The highest BCUT2D eigenvalue weighted by Crippen LogP contribution is 2.03. The lowest BCUT2D eigenvalue weighted by Crippen LogP contribution is -2.41. The van der Waals surface area contributed by atoms with Gasteiger partial charge in [-0.05, 0) is 18.8 Å².